The van der Waals surface area contributed by atoms with Crippen molar-refractivity contribution in [1.82, 2.24) is 4.90 Å². The van der Waals surface area contributed by atoms with Gasteiger partial charge in [0.1, 0.15) is 6.61 Å². The van der Waals surface area contributed by atoms with E-state index >= 15 is 0 Å². The number of carbonyl (C=O) groups excluding carboxylic acids is 2. The molecule has 0 spiro atoms. The van der Waals surface area contributed by atoms with Crippen molar-refractivity contribution < 1.29 is 14.3 Å². The van der Waals surface area contributed by atoms with Gasteiger partial charge in [0, 0.05) is 16.1 Å². The monoisotopic (exact) mass is 321 g/mol. The van der Waals surface area contributed by atoms with Crippen molar-refractivity contribution in [2.24, 2.45) is 11.8 Å². The highest BCUT2D eigenvalue weighted by Crippen LogP contribution is 2.30. The number of amides is 2. The van der Waals surface area contributed by atoms with Crippen LogP contribution in [0.1, 0.15) is 27.7 Å². The maximum absolute atomic E-state index is 12.7. The molecule has 120 valence electrons. The number of carbonyl (C=O) groups is 2. The number of nitrogens with zero attached hydrogens (tertiary/aromatic N) is 1. The lowest BCUT2D eigenvalue weighted by molar-refractivity contribution is -0.133. The van der Waals surface area contributed by atoms with Crippen molar-refractivity contribution in [1.29, 1.82) is 0 Å². The maximum atomic E-state index is 12.7. The summed E-state index contributed by atoms with van der Waals surface area (Å²) in [5.74, 6) is -0.200. The van der Waals surface area contributed by atoms with Crippen LogP contribution in [0.5, 0.6) is 0 Å². The highest BCUT2D eigenvalue weighted by molar-refractivity contribution is 8.00. The number of hydrogen-bond acceptors (Lipinski definition) is 4. The zero-order valence-electron chi connectivity index (χ0n) is 13.5. The van der Waals surface area contributed by atoms with Crippen LogP contribution in [0.3, 0.4) is 0 Å². The van der Waals surface area contributed by atoms with Gasteiger partial charge in [-0.15, -0.1) is 11.8 Å². The number of imide groups is 1. The van der Waals surface area contributed by atoms with E-state index < -0.39 is 6.09 Å². The molecule has 3 unspecified atom stereocenters. The number of thioether (sulfide) groups is 1. The molecule has 3 atom stereocenters. The van der Waals surface area contributed by atoms with Gasteiger partial charge in [-0.25, -0.2) is 9.69 Å². The maximum Gasteiger partial charge on any atom is 0.416 e. The second-order valence-electron chi connectivity index (χ2n) is 6.02. The lowest BCUT2D eigenvalue weighted by atomic mass is 10.0. The van der Waals surface area contributed by atoms with Crippen LogP contribution >= 0.6 is 11.8 Å². The largest absolute Gasteiger partial charge is 0.447 e. The zero-order valence-corrected chi connectivity index (χ0v) is 14.3. The van der Waals surface area contributed by atoms with E-state index in [1.807, 2.05) is 58.0 Å². The minimum absolute atomic E-state index is 0.0797. The van der Waals surface area contributed by atoms with E-state index in [2.05, 4.69) is 0 Å². The van der Waals surface area contributed by atoms with E-state index in [9.17, 15) is 9.59 Å². The molecule has 1 saturated heterocycles. The minimum atomic E-state index is -0.507. The molecule has 1 fully saturated rings. The topological polar surface area (TPSA) is 46.6 Å². The lowest BCUT2D eigenvalue weighted by Gasteiger charge is -2.27. The first kappa shape index (κ1) is 16.9. The molecule has 1 heterocycles. The second kappa shape index (κ2) is 7.18. The second-order valence-corrected chi connectivity index (χ2v) is 7.47. The van der Waals surface area contributed by atoms with Gasteiger partial charge in [-0.2, -0.15) is 0 Å². The van der Waals surface area contributed by atoms with E-state index in [0.717, 1.165) is 4.90 Å². The van der Waals surface area contributed by atoms with Gasteiger partial charge in [-0.3, -0.25) is 4.79 Å². The predicted molar refractivity (Wildman–Crippen MR) is 87.7 cm³/mol. The Morgan fingerprint density at radius 3 is 2.45 bits per heavy atom. The van der Waals surface area contributed by atoms with Crippen molar-refractivity contribution in [3.05, 3.63) is 30.3 Å². The summed E-state index contributed by atoms with van der Waals surface area (Å²) < 4.78 is 5.07. The first-order chi connectivity index (χ1) is 10.4. The number of benzene rings is 1. The van der Waals surface area contributed by atoms with Gasteiger partial charge in [-0.05, 0) is 18.1 Å². The summed E-state index contributed by atoms with van der Waals surface area (Å²) in [7, 11) is 0. The molecule has 1 aliphatic heterocycles. The fourth-order valence-electron chi connectivity index (χ4n) is 2.42. The average molecular weight is 321 g/mol. The molecule has 1 aromatic rings. The summed E-state index contributed by atoms with van der Waals surface area (Å²) in [4.78, 5) is 27.0. The molecule has 0 aliphatic carbocycles. The van der Waals surface area contributed by atoms with Crippen LogP contribution in [0, 0.1) is 11.8 Å². The van der Waals surface area contributed by atoms with Gasteiger partial charge in [0.2, 0.25) is 5.91 Å². The normalized spacial score (nSPS) is 20.9. The molecule has 1 aromatic carbocycles. The van der Waals surface area contributed by atoms with Crippen LogP contribution in [0.2, 0.25) is 0 Å². The van der Waals surface area contributed by atoms with Crippen molar-refractivity contribution >= 4 is 23.8 Å². The molecule has 1 aliphatic rings. The first-order valence-electron chi connectivity index (χ1n) is 7.63. The quantitative estimate of drug-likeness (QED) is 0.774. The van der Waals surface area contributed by atoms with Gasteiger partial charge in [0.25, 0.3) is 0 Å². The summed E-state index contributed by atoms with van der Waals surface area (Å²) in [5, 5.41) is 0.0797. The fraction of sp³-hybridized carbons (Fsp3) is 0.529. The molecule has 5 heteroatoms. The van der Waals surface area contributed by atoms with Crippen LogP contribution in [0.15, 0.2) is 35.2 Å². The summed E-state index contributed by atoms with van der Waals surface area (Å²) in [6.45, 7) is 8.20. The Hall–Kier alpha value is -1.49. The molecule has 4 nitrogen and oxygen atoms in total. The average Bonchev–Trinajstić information content (AvgIpc) is 2.88. The van der Waals surface area contributed by atoms with Gasteiger partial charge >= 0.3 is 6.09 Å². The molecule has 2 rings (SSSR count). The zero-order chi connectivity index (χ0) is 16.3. The van der Waals surface area contributed by atoms with Crippen LogP contribution in [0.25, 0.3) is 0 Å². The van der Waals surface area contributed by atoms with Crippen LogP contribution in [-0.4, -0.2) is 34.8 Å². The Morgan fingerprint density at radius 2 is 1.86 bits per heavy atom. The van der Waals surface area contributed by atoms with Crippen LogP contribution in [0.4, 0.5) is 4.79 Å². The minimum Gasteiger partial charge on any atom is -0.447 e. The summed E-state index contributed by atoms with van der Waals surface area (Å²) >= 11 is 1.65. The third kappa shape index (κ3) is 3.64. The number of ether oxygens (including phenoxy) is 1. The van der Waals surface area contributed by atoms with E-state index in [1.54, 1.807) is 11.8 Å². The van der Waals surface area contributed by atoms with Crippen molar-refractivity contribution in [2.75, 3.05) is 6.61 Å². The molecular weight excluding hydrogens is 298 g/mol. The molecule has 0 aromatic heterocycles. The van der Waals surface area contributed by atoms with Crippen LogP contribution < -0.4 is 0 Å². The highest BCUT2D eigenvalue weighted by atomic mass is 32.2. The fourth-order valence-corrected chi connectivity index (χ4v) is 3.48. The third-order valence-electron chi connectivity index (χ3n) is 4.07. The lowest BCUT2D eigenvalue weighted by Crippen LogP contribution is -2.46. The summed E-state index contributed by atoms with van der Waals surface area (Å²) in [5.41, 5.74) is 0. The van der Waals surface area contributed by atoms with Crippen molar-refractivity contribution in [3.8, 4) is 0 Å². The van der Waals surface area contributed by atoms with E-state index in [-0.39, 0.29) is 29.0 Å². The Labute approximate surface area is 136 Å². The Kier molecular flexibility index (Phi) is 5.51. The third-order valence-corrected chi connectivity index (χ3v) is 5.40. The standard InChI is InChI=1S/C17H23NO3S/c1-11(2)15-10-21-17(20)18(15)16(19)12(3)13(4)22-14-8-6-5-7-9-14/h5-9,11-13,15H,10H2,1-4H3. The van der Waals surface area contributed by atoms with Gasteiger partial charge < -0.3 is 4.74 Å². The number of cyclic esters (lactones) is 1. The van der Waals surface area contributed by atoms with Crippen molar-refractivity contribution in [3.63, 3.8) is 0 Å². The van der Waals surface area contributed by atoms with Gasteiger partial charge in [0.05, 0.1) is 6.04 Å². The molecule has 0 saturated carbocycles. The van der Waals surface area contributed by atoms with E-state index in [0.29, 0.717) is 6.61 Å². The van der Waals surface area contributed by atoms with Crippen LogP contribution in [-0.2, 0) is 9.53 Å². The Morgan fingerprint density at radius 1 is 1.23 bits per heavy atom. The SMILES string of the molecule is CC(C)C1COC(=O)N1C(=O)C(C)C(C)Sc1ccccc1. The highest BCUT2D eigenvalue weighted by Gasteiger charge is 2.42. The smallest absolute Gasteiger partial charge is 0.416 e. The Bertz CT molecular complexity index is 532. The number of hydrogen-bond donors (Lipinski definition) is 0. The summed E-state index contributed by atoms with van der Waals surface area (Å²) in [6.07, 6.45) is -0.507. The van der Waals surface area contributed by atoms with E-state index in [1.165, 1.54) is 4.90 Å². The summed E-state index contributed by atoms with van der Waals surface area (Å²) in [6, 6.07) is 9.83. The molecule has 0 bridgehead atoms. The van der Waals surface area contributed by atoms with Gasteiger partial charge in [-0.1, -0.05) is 45.9 Å². The first-order valence-corrected chi connectivity index (χ1v) is 8.51. The number of rotatable bonds is 5. The molecule has 0 N–H and O–H groups in total. The molecule has 2 amide bonds. The molecule has 22 heavy (non-hydrogen) atoms. The predicted octanol–water partition coefficient (Wildman–Crippen LogP) is 3.81. The van der Waals surface area contributed by atoms with Gasteiger partial charge in [0.15, 0.2) is 0 Å². The van der Waals surface area contributed by atoms with Crippen molar-refractivity contribution in [2.45, 2.75) is 43.9 Å². The Balaban J connectivity index is 2.06. The molecular formula is C17H23NO3S. The molecule has 0 radical (unpaired) electrons. The van der Waals surface area contributed by atoms with E-state index in [4.69, 9.17) is 4.74 Å².